The van der Waals surface area contributed by atoms with Crippen LogP contribution in [0.3, 0.4) is 0 Å². The topological polar surface area (TPSA) is 125 Å². The molecular weight excluding hydrogens is 609 g/mol. The van der Waals surface area contributed by atoms with E-state index in [1.54, 1.807) is 40.1 Å². The monoisotopic (exact) mass is 641 g/mol. The fraction of sp³-hybridized carbons (Fsp3) is 0.469. The molecule has 4 aliphatic rings. The second-order valence-electron chi connectivity index (χ2n) is 12.0. The van der Waals surface area contributed by atoms with Crippen LogP contribution in [-0.4, -0.2) is 81.7 Å². The molecule has 3 heterocycles. The average molecular weight is 643 g/mol. The summed E-state index contributed by atoms with van der Waals surface area (Å²) in [6.45, 7) is 2.40. The molecule has 1 N–H and O–H groups in total. The largest absolute Gasteiger partial charge is 0.487 e. The molecule has 2 aromatic carbocycles. The van der Waals surface area contributed by atoms with Gasteiger partial charge in [-0.2, -0.15) is 0 Å². The maximum atomic E-state index is 14.3. The first kappa shape index (κ1) is 30.4. The Bertz CT molecular complexity index is 1530. The standard InChI is InChI=1S/C32H33Cl2N3O7/c1-17(38)35-12-10-18(15-35)44-28-25(34)14-24(33)23-11-13-36(29(39)21-8-4-5-9-22(21)32(42)43)26(27(23)28)16-37-30(40)19-6-2-3-7-20(19)31(37)41/h2-3,6-7,14,18,21-22,26H,4-5,8-13,15-16H2,1H3,(H,42,43)/t18-,21+,22-,26?/m0/s1. The Hall–Kier alpha value is -3.63. The molecule has 3 aliphatic heterocycles. The first-order chi connectivity index (χ1) is 21.1. The maximum absolute atomic E-state index is 14.3. The minimum Gasteiger partial charge on any atom is -0.487 e. The number of nitrogens with zero attached hydrogens (tertiary/aromatic N) is 3. The molecule has 1 aliphatic carbocycles. The smallest absolute Gasteiger partial charge is 0.307 e. The summed E-state index contributed by atoms with van der Waals surface area (Å²) in [6, 6.07) is 7.26. The zero-order valence-corrected chi connectivity index (χ0v) is 25.8. The molecule has 2 aromatic rings. The number of benzene rings is 2. The van der Waals surface area contributed by atoms with E-state index in [0.29, 0.717) is 60.7 Å². The van der Waals surface area contributed by atoms with Gasteiger partial charge in [-0.15, -0.1) is 0 Å². The lowest BCUT2D eigenvalue weighted by atomic mass is 9.77. The average Bonchev–Trinajstić information content (AvgIpc) is 3.58. The molecule has 4 atom stereocenters. The first-order valence-corrected chi connectivity index (χ1v) is 15.7. The second-order valence-corrected chi connectivity index (χ2v) is 12.8. The summed E-state index contributed by atoms with van der Waals surface area (Å²) in [6.07, 6.45) is 2.84. The summed E-state index contributed by atoms with van der Waals surface area (Å²) in [5.41, 5.74) is 1.75. The summed E-state index contributed by atoms with van der Waals surface area (Å²) in [7, 11) is 0. The van der Waals surface area contributed by atoms with Gasteiger partial charge < -0.3 is 19.6 Å². The van der Waals surface area contributed by atoms with Crippen LogP contribution in [0.15, 0.2) is 30.3 Å². The van der Waals surface area contributed by atoms with Gasteiger partial charge in [-0.05, 0) is 43.0 Å². The van der Waals surface area contributed by atoms with Gasteiger partial charge in [0.2, 0.25) is 11.8 Å². The number of aliphatic carboxylic acids is 1. The van der Waals surface area contributed by atoms with Crippen LogP contribution in [0.4, 0.5) is 0 Å². The van der Waals surface area contributed by atoms with Crippen LogP contribution in [0.5, 0.6) is 5.75 Å². The number of imide groups is 1. The highest BCUT2D eigenvalue weighted by molar-refractivity contribution is 6.36. The molecule has 44 heavy (non-hydrogen) atoms. The fourth-order valence-corrected chi connectivity index (χ4v) is 7.79. The lowest BCUT2D eigenvalue weighted by Crippen LogP contribution is -2.50. The predicted molar refractivity (Wildman–Crippen MR) is 161 cm³/mol. The number of carbonyl (C=O) groups excluding carboxylic acids is 4. The third kappa shape index (κ3) is 5.32. The number of fused-ring (bicyclic) bond motifs is 2. The Labute approximate surface area is 264 Å². The van der Waals surface area contributed by atoms with Crippen molar-refractivity contribution in [2.75, 3.05) is 26.2 Å². The quantitative estimate of drug-likeness (QED) is 0.457. The Morgan fingerprint density at radius 1 is 0.955 bits per heavy atom. The SMILES string of the molecule is CC(=O)N1CC[C@H](Oc2c(Cl)cc(Cl)c3c2C(CN2C(=O)c4ccccc4C2=O)N(C(=O)[C@@H]2CCCC[C@@H]2C(=O)O)CC3)C1. The van der Waals surface area contributed by atoms with Gasteiger partial charge in [0.25, 0.3) is 11.8 Å². The van der Waals surface area contributed by atoms with Gasteiger partial charge in [0.05, 0.1) is 47.1 Å². The molecule has 1 saturated carbocycles. The van der Waals surface area contributed by atoms with Gasteiger partial charge in [0.1, 0.15) is 11.9 Å². The molecule has 0 spiro atoms. The molecule has 10 nitrogen and oxygen atoms in total. The maximum Gasteiger partial charge on any atom is 0.307 e. The minimum absolute atomic E-state index is 0.0685. The van der Waals surface area contributed by atoms with E-state index in [-0.39, 0.29) is 47.2 Å². The molecule has 4 amide bonds. The lowest BCUT2D eigenvalue weighted by Gasteiger charge is -2.43. The number of hydrogen-bond donors (Lipinski definition) is 1. The van der Waals surface area contributed by atoms with E-state index >= 15 is 0 Å². The van der Waals surface area contributed by atoms with Gasteiger partial charge in [0.15, 0.2) is 0 Å². The van der Waals surface area contributed by atoms with Crippen molar-refractivity contribution in [2.24, 2.45) is 11.8 Å². The van der Waals surface area contributed by atoms with Crippen molar-refractivity contribution in [2.45, 2.75) is 57.6 Å². The zero-order chi connectivity index (χ0) is 31.3. The van der Waals surface area contributed by atoms with E-state index in [4.69, 9.17) is 27.9 Å². The molecule has 232 valence electrons. The van der Waals surface area contributed by atoms with Crippen molar-refractivity contribution in [3.8, 4) is 5.75 Å². The first-order valence-electron chi connectivity index (χ1n) is 15.0. The lowest BCUT2D eigenvalue weighted by molar-refractivity contribution is -0.153. The van der Waals surface area contributed by atoms with E-state index in [9.17, 15) is 29.1 Å². The van der Waals surface area contributed by atoms with Crippen LogP contribution in [0.25, 0.3) is 0 Å². The number of carboxylic acids is 1. The molecule has 12 heteroatoms. The molecular formula is C32H33Cl2N3O7. The summed E-state index contributed by atoms with van der Waals surface area (Å²) >= 11 is 13.5. The Balaban J connectivity index is 1.43. The predicted octanol–water partition coefficient (Wildman–Crippen LogP) is 4.61. The van der Waals surface area contributed by atoms with Gasteiger partial charge in [-0.25, -0.2) is 0 Å². The van der Waals surface area contributed by atoms with E-state index in [0.717, 1.165) is 17.7 Å². The highest BCUT2D eigenvalue weighted by Gasteiger charge is 2.46. The van der Waals surface area contributed by atoms with Crippen molar-refractivity contribution >= 4 is 52.8 Å². The van der Waals surface area contributed by atoms with Gasteiger partial charge in [0, 0.05) is 37.0 Å². The van der Waals surface area contributed by atoms with Gasteiger partial charge >= 0.3 is 5.97 Å². The minimum atomic E-state index is -1.01. The summed E-state index contributed by atoms with van der Waals surface area (Å²) in [5.74, 6) is -3.65. The second kappa shape index (κ2) is 12.0. The number of hydrogen-bond acceptors (Lipinski definition) is 6. The Kier molecular flexibility index (Phi) is 8.32. The molecule has 0 aromatic heterocycles. The van der Waals surface area contributed by atoms with Crippen LogP contribution in [0.1, 0.15) is 76.9 Å². The van der Waals surface area contributed by atoms with Crippen molar-refractivity contribution in [3.63, 3.8) is 0 Å². The van der Waals surface area contributed by atoms with Crippen LogP contribution < -0.4 is 4.74 Å². The Morgan fingerprint density at radius 2 is 1.61 bits per heavy atom. The number of amides is 4. The third-order valence-corrected chi connectivity index (χ3v) is 10.1. The highest BCUT2D eigenvalue weighted by Crippen LogP contribution is 2.47. The van der Waals surface area contributed by atoms with Crippen LogP contribution in [0.2, 0.25) is 10.0 Å². The summed E-state index contributed by atoms with van der Waals surface area (Å²) < 4.78 is 6.48. The fourth-order valence-electron chi connectivity index (χ4n) is 7.17. The number of likely N-dealkylation sites (tertiary alicyclic amines) is 1. The van der Waals surface area contributed by atoms with Crippen LogP contribution in [0, 0.1) is 11.8 Å². The van der Waals surface area contributed by atoms with Gasteiger partial charge in [-0.1, -0.05) is 48.2 Å². The van der Waals surface area contributed by atoms with Crippen molar-refractivity contribution in [1.29, 1.82) is 0 Å². The van der Waals surface area contributed by atoms with Crippen molar-refractivity contribution in [1.82, 2.24) is 14.7 Å². The molecule has 1 unspecified atom stereocenters. The number of ether oxygens (including phenoxy) is 1. The van der Waals surface area contributed by atoms with Crippen LogP contribution in [-0.2, 0) is 20.8 Å². The number of rotatable bonds is 6. The highest BCUT2D eigenvalue weighted by atomic mass is 35.5. The molecule has 6 rings (SSSR count). The molecule has 2 fully saturated rings. The van der Waals surface area contributed by atoms with E-state index < -0.39 is 35.7 Å². The molecule has 0 radical (unpaired) electrons. The zero-order valence-electron chi connectivity index (χ0n) is 24.3. The van der Waals surface area contributed by atoms with Crippen molar-refractivity contribution in [3.05, 3.63) is 62.6 Å². The summed E-state index contributed by atoms with van der Waals surface area (Å²) in [4.78, 5) is 69.9. The molecule has 0 bridgehead atoms. The van der Waals surface area contributed by atoms with Gasteiger partial charge in [-0.3, -0.25) is 28.9 Å². The van der Waals surface area contributed by atoms with Crippen molar-refractivity contribution < 1.29 is 33.8 Å². The number of carbonyl (C=O) groups is 5. The third-order valence-electron chi connectivity index (χ3n) is 9.43. The summed E-state index contributed by atoms with van der Waals surface area (Å²) in [5, 5.41) is 10.5. The van der Waals surface area contributed by atoms with E-state index in [1.807, 2.05) is 0 Å². The number of carboxylic acid groups (broad SMARTS) is 1. The number of halogens is 2. The molecule has 1 saturated heterocycles. The normalized spacial score (nSPS) is 24.8. The van der Waals surface area contributed by atoms with Crippen LogP contribution >= 0.6 is 23.2 Å². The Morgan fingerprint density at radius 3 is 2.23 bits per heavy atom. The van der Waals surface area contributed by atoms with E-state index in [1.165, 1.54) is 6.92 Å². The van der Waals surface area contributed by atoms with E-state index in [2.05, 4.69) is 0 Å².